The highest BCUT2D eigenvalue weighted by atomic mass is 32.2. The summed E-state index contributed by atoms with van der Waals surface area (Å²) in [6, 6.07) is 6.16. The van der Waals surface area contributed by atoms with Gasteiger partial charge in [-0.25, -0.2) is 4.68 Å². The molecule has 2 saturated heterocycles. The highest BCUT2D eigenvalue weighted by Gasteiger charge is 2.74. The zero-order valence-electron chi connectivity index (χ0n) is 24.0. The van der Waals surface area contributed by atoms with Crippen molar-refractivity contribution >= 4 is 40.5 Å². The predicted molar refractivity (Wildman–Crippen MR) is 156 cm³/mol. The molecule has 5 heterocycles. The number of amides is 3. The number of rotatable bonds is 7. The highest BCUT2D eigenvalue weighted by Crippen LogP contribution is 2.66. The maximum atomic E-state index is 14.7. The van der Waals surface area contributed by atoms with E-state index in [-0.39, 0.29) is 36.9 Å². The summed E-state index contributed by atoms with van der Waals surface area (Å²) in [5.74, 6) is -1.91. The third-order valence-corrected chi connectivity index (χ3v) is 11.0. The predicted octanol–water partition coefficient (Wildman–Crippen LogP) is 2.30. The van der Waals surface area contributed by atoms with Crippen molar-refractivity contribution in [3.8, 4) is 0 Å². The Labute approximate surface area is 244 Å². The summed E-state index contributed by atoms with van der Waals surface area (Å²) in [5, 5.41) is 19.1. The molecule has 10 nitrogen and oxygen atoms in total. The van der Waals surface area contributed by atoms with Crippen LogP contribution in [-0.2, 0) is 21.1 Å². The van der Waals surface area contributed by atoms with Gasteiger partial charge in [-0.1, -0.05) is 62.4 Å². The third-order valence-electron chi connectivity index (χ3n) is 9.19. The van der Waals surface area contributed by atoms with Gasteiger partial charge in [-0.2, -0.15) is 0 Å². The number of nitrogens with zero attached hydrogens (tertiary/aromatic N) is 6. The number of hydrogen-bond donors (Lipinski definition) is 1. The third kappa shape index (κ3) is 4.14. The molecule has 6 atom stereocenters. The van der Waals surface area contributed by atoms with Gasteiger partial charge in [0.1, 0.15) is 18.2 Å². The number of thioether (sulfide) groups is 1. The van der Waals surface area contributed by atoms with E-state index in [9.17, 15) is 19.5 Å². The molecule has 1 aromatic carbocycles. The van der Waals surface area contributed by atoms with Crippen molar-refractivity contribution in [1.29, 1.82) is 0 Å². The van der Waals surface area contributed by atoms with Crippen LogP contribution in [0.25, 0.3) is 11.0 Å². The summed E-state index contributed by atoms with van der Waals surface area (Å²) in [7, 11) is 0. The van der Waals surface area contributed by atoms with Crippen LogP contribution in [0.5, 0.6) is 0 Å². The molecule has 6 rings (SSSR count). The van der Waals surface area contributed by atoms with Gasteiger partial charge in [0, 0.05) is 24.4 Å². The fourth-order valence-electron chi connectivity index (χ4n) is 7.32. The molecule has 1 aromatic heterocycles. The normalized spacial score (nSPS) is 32.0. The van der Waals surface area contributed by atoms with E-state index in [1.165, 1.54) is 0 Å². The van der Waals surface area contributed by atoms with E-state index in [4.69, 9.17) is 0 Å². The quantitative estimate of drug-likeness (QED) is 0.502. The van der Waals surface area contributed by atoms with Crippen LogP contribution < -0.4 is 0 Å². The van der Waals surface area contributed by atoms with Gasteiger partial charge in [-0.3, -0.25) is 14.4 Å². The van der Waals surface area contributed by atoms with Crippen LogP contribution in [0.1, 0.15) is 34.1 Å². The SMILES string of the molecule is CCCN1CC=C[C@@]2(C)S[C@]34C=CCN(Cn5nnc6ccccc65)C(=O)C3N([C@@H](CO)C(C)C)C(=O)[C@@H]4[C@H]2C1=O. The minimum Gasteiger partial charge on any atom is -0.394 e. The van der Waals surface area contributed by atoms with E-state index in [0.717, 1.165) is 17.5 Å². The van der Waals surface area contributed by atoms with E-state index in [2.05, 4.69) is 16.4 Å². The number of benzene rings is 1. The summed E-state index contributed by atoms with van der Waals surface area (Å²) in [5.41, 5.74) is 1.55. The number of likely N-dealkylation sites (tertiary alicyclic amines) is 1. The van der Waals surface area contributed by atoms with E-state index >= 15 is 0 Å². The van der Waals surface area contributed by atoms with Crippen molar-refractivity contribution in [1.82, 2.24) is 29.7 Å². The Morgan fingerprint density at radius 3 is 2.49 bits per heavy atom. The Kier molecular flexibility index (Phi) is 7.01. The Hall–Kier alpha value is -3.18. The van der Waals surface area contributed by atoms with E-state index in [1.54, 1.807) is 26.2 Å². The number of carbonyl (C=O) groups excluding carboxylic acids is 3. The minimum absolute atomic E-state index is 0.0381. The molecule has 0 bridgehead atoms. The molecule has 218 valence electrons. The first-order chi connectivity index (χ1) is 19.7. The Bertz CT molecular complexity index is 1440. The van der Waals surface area contributed by atoms with Crippen molar-refractivity contribution in [3.63, 3.8) is 0 Å². The van der Waals surface area contributed by atoms with Crippen LogP contribution in [0.3, 0.4) is 0 Å². The van der Waals surface area contributed by atoms with Crippen LogP contribution in [0, 0.1) is 17.8 Å². The molecule has 2 aromatic rings. The lowest BCUT2D eigenvalue weighted by atomic mass is 9.74. The maximum Gasteiger partial charge on any atom is 0.248 e. The Morgan fingerprint density at radius 2 is 1.76 bits per heavy atom. The number of fused-ring (bicyclic) bond motifs is 3. The maximum absolute atomic E-state index is 14.7. The Balaban J connectivity index is 1.46. The second-order valence-electron chi connectivity index (χ2n) is 12.1. The van der Waals surface area contributed by atoms with Crippen molar-refractivity contribution in [2.75, 3.05) is 26.2 Å². The van der Waals surface area contributed by atoms with Crippen LogP contribution in [-0.4, -0.2) is 100 Å². The summed E-state index contributed by atoms with van der Waals surface area (Å²) in [6.07, 6.45) is 8.90. The molecule has 3 amide bonds. The Morgan fingerprint density at radius 1 is 1.02 bits per heavy atom. The van der Waals surface area contributed by atoms with E-state index in [0.29, 0.717) is 19.6 Å². The first kappa shape index (κ1) is 28.0. The lowest BCUT2D eigenvalue weighted by molar-refractivity contribution is -0.148. The smallest absolute Gasteiger partial charge is 0.248 e. The lowest BCUT2D eigenvalue weighted by Gasteiger charge is -2.40. The monoisotopic (exact) mass is 578 g/mol. The molecule has 11 heteroatoms. The molecule has 0 aliphatic carbocycles. The fourth-order valence-corrected chi connectivity index (χ4v) is 9.46. The molecule has 41 heavy (non-hydrogen) atoms. The van der Waals surface area contributed by atoms with Gasteiger partial charge in [0.15, 0.2) is 0 Å². The van der Waals surface area contributed by atoms with Crippen LogP contribution in [0.4, 0.5) is 0 Å². The van der Waals surface area contributed by atoms with Gasteiger partial charge >= 0.3 is 0 Å². The number of carbonyl (C=O) groups is 3. The molecule has 4 aliphatic heterocycles. The van der Waals surface area contributed by atoms with E-state index in [1.807, 2.05) is 75.1 Å². The van der Waals surface area contributed by atoms with Gasteiger partial charge < -0.3 is 19.8 Å². The second-order valence-corrected chi connectivity index (χ2v) is 13.9. The molecule has 4 aliphatic rings. The average molecular weight is 579 g/mol. The molecule has 2 fully saturated rings. The lowest BCUT2D eigenvalue weighted by Crippen LogP contribution is -2.58. The van der Waals surface area contributed by atoms with E-state index < -0.39 is 33.4 Å². The van der Waals surface area contributed by atoms with Gasteiger partial charge in [0.2, 0.25) is 17.7 Å². The zero-order chi connectivity index (χ0) is 29.1. The summed E-state index contributed by atoms with van der Waals surface area (Å²) < 4.78 is 0.0918. The van der Waals surface area contributed by atoms with Crippen molar-refractivity contribution in [3.05, 3.63) is 48.6 Å². The second kappa shape index (κ2) is 10.3. The number of para-hydroxylation sites is 1. The topological polar surface area (TPSA) is 112 Å². The first-order valence-electron chi connectivity index (χ1n) is 14.5. The van der Waals surface area contributed by atoms with Gasteiger partial charge in [0.05, 0.1) is 34.7 Å². The number of aliphatic hydroxyl groups is 1. The number of aliphatic hydroxyl groups excluding tert-OH is 1. The molecular weight excluding hydrogens is 540 g/mol. The minimum atomic E-state index is -0.954. The molecule has 0 saturated carbocycles. The van der Waals surface area contributed by atoms with Crippen LogP contribution >= 0.6 is 11.8 Å². The van der Waals surface area contributed by atoms with Crippen molar-refractivity contribution in [2.45, 2.75) is 62.4 Å². The summed E-state index contributed by atoms with van der Waals surface area (Å²) in [6.45, 7) is 9.33. The largest absolute Gasteiger partial charge is 0.394 e. The van der Waals surface area contributed by atoms with Gasteiger partial charge in [0.25, 0.3) is 0 Å². The summed E-state index contributed by atoms with van der Waals surface area (Å²) in [4.78, 5) is 48.6. The molecule has 1 N–H and O–H groups in total. The molecular formula is C30H38N6O4S. The number of aromatic nitrogens is 3. The molecule has 1 unspecified atom stereocenters. The number of hydrogen-bond acceptors (Lipinski definition) is 7. The first-order valence-corrected chi connectivity index (χ1v) is 15.3. The highest BCUT2D eigenvalue weighted by molar-refractivity contribution is 8.02. The zero-order valence-corrected chi connectivity index (χ0v) is 24.8. The average Bonchev–Trinajstić information content (AvgIpc) is 3.47. The van der Waals surface area contributed by atoms with Gasteiger partial charge in [-0.15, -0.1) is 16.9 Å². The summed E-state index contributed by atoms with van der Waals surface area (Å²) >= 11 is 1.57. The van der Waals surface area contributed by atoms with Crippen molar-refractivity contribution < 1.29 is 19.5 Å². The van der Waals surface area contributed by atoms with Crippen molar-refractivity contribution in [2.24, 2.45) is 17.8 Å². The van der Waals surface area contributed by atoms with Gasteiger partial charge in [-0.05, 0) is 31.4 Å². The van der Waals surface area contributed by atoms with Crippen LogP contribution in [0.2, 0.25) is 0 Å². The molecule has 1 spiro atoms. The molecule has 0 radical (unpaired) electrons. The van der Waals surface area contributed by atoms with Crippen LogP contribution in [0.15, 0.2) is 48.6 Å². The standard InChI is InChI=1S/C30H38N6O4S/c1-5-14-33-15-8-12-29(4)23(26(33)38)24-27(39)36(22(17-37)19(2)3)25-28(40)34(16-9-13-30(24,25)41-29)18-35-21-11-7-6-10-20(21)31-32-35/h6-13,19,22-25,37H,5,14-18H2,1-4H3/t22-,23-,24-,25?,29+,30-/m0/s1. The fraction of sp³-hybridized carbons (Fsp3) is 0.567.